The topological polar surface area (TPSA) is 92.9 Å². The summed E-state index contributed by atoms with van der Waals surface area (Å²) in [5, 5.41) is 8.91. The highest BCUT2D eigenvalue weighted by atomic mass is 16.5. The number of benzene rings is 1. The number of primary amides is 1. The Kier molecular flexibility index (Phi) is 6.68. The summed E-state index contributed by atoms with van der Waals surface area (Å²) < 4.78 is 5.53. The van der Waals surface area contributed by atoms with Gasteiger partial charge in [-0.05, 0) is 24.1 Å². The second-order valence-electron chi connectivity index (χ2n) is 5.28. The lowest BCUT2D eigenvalue weighted by atomic mass is 10.2. The number of amides is 1. The van der Waals surface area contributed by atoms with Gasteiger partial charge in [0.2, 0.25) is 5.91 Å². The van der Waals surface area contributed by atoms with E-state index in [1.807, 2.05) is 4.90 Å². The average Bonchev–Trinajstić information content (AvgIpc) is 2.37. The molecule has 0 heterocycles. The lowest BCUT2D eigenvalue weighted by Gasteiger charge is -2.22. The number of rotatable bonds is 9. The van der Waals surface area contributed by atoms with Gasteiger partial charge in [-0.1, -0.05) is 19.9 Å². The zero-order valence-corrected chi connectivity index (χ0v) is 12.4. The second-order valence-corrected chi connectivity index (χ2v) is 5.28. The van der Waals surface area contributed by atoms with Crippen LogP contribution in [-0.4, -0.2) is 48.1 Å². The summed E-state index contributed by atoms with van der Waals surface area (Å²) in [5.74, 6) is -0.447. The van der Waals surface area contributed by atoms with Crippen molar-refractivity contribution >= 4 is 11.9 Å². The number of carboxylic acids is 1. The summed E-state index contributed by atoms with van der Waals surface area (Å²) in [7, 11) is 0. The number of ether oxygens (including phenoxy) is 1. The Hall–Kier alpha value is -2.08. The molecule has 3 N–H and O–H groups in total. The minimum absolute atomic E-state index is 0.184. The number of carboxylic acid groups (broad SMARTS) is 1. The van der Waals surface area contributed by atoms with Crippen molar-refractivity contribution in [3.8, 4) is 5.75 Å². The lowest BCUT2D eigenvalue weighted by Crippen LogP contribution is -2.38. The molecule has 0 aromatic heterocycles. The van der Waals surface area contributed by atoms with Gasteiger partial charge < -0.3 is 15.6 Å². The van der Waals surface area contributed by atoms with Crippen molar-refractivity contribution in [1.82, 2.24) is 4.90 Å². The van der Waals surface area contributed by atoms with Gasteiger partial charge in [0.15, 0.2) is 0 Å². The van der Waals surface area contributed by atoms with Gasteiger partial charge in [-0.25, -0.2) is 4.79 Å². The molecule has 1 aromatic carbocycles. The molecule has 0 bridgehead atoms. The van der Waals surface area contributed by atoms with E-state index >= 15 is 0 Å². The maximum Gasteiger partial charge on any atom is 0.335 e. The van der Waals surface area contributed by atoms with Crippen LogP contribution in [0.2, 0.25) is 0 Å². The normalized spacial score (nSPS) is 10.9. The third-order valence-corrected chi connectivity index (χ3v) is 2.76. The predicted molar refractivity (Wildman–Crippen MR) is 79.4 cm³/mol. The summed E-state index contributed by atoms with van der Waals surface area (Å²) in [6.45, 7) is 5.98. The summed E-state index contributed by atoms with van der Waals surface area (Å²) in [6, 6.07) is 6.32. The number of nitrogens with zero attached hydrogens (tertiary/aromatic N) is 1. The van der Waals surface area contributed by atoms with Gasteiger partial charge in [0.25, 0.3) is 0 Å². The van der Waals surface area contributed by atoms with Gasteiger partial charge in [0, 0.05) is 13.1 Å². The lowest BCUT2D eigenvalue weighted by molar-refractivity contribution is -0.119. The van der Waals surface area contributed by atoms with E-state index in [9.17, 15) is 9.59 Å². The largest absolute Gasteiger partial charge is 0.492 e. The molecule has 0 unspecified atom stereocenters. The highest BCUT2D eigenvalue weighted by Gasteiger charge is 2.10. The van der Waals surface area contributed by atoms with Crippen molar-refractivity contribution in [2.75, 3.05) is 26.2 Å². The molecule has 21 heavy (non-hydrogen) atoms. The first kappa shape index (κ1) is 17.0. The fraction of sp³-hybridized carbons (Fsp3) is 0.467. The summed E-state index contributed by atoms with van der Waals surface area (Å²) in [5.41, 5.74) is 5.40. The first-order valence-corrected chi connectivity index (χ1v) is 6.85. The van der Waals surface area contributed by atoms with Crippen LogP contribution in [0.15, 0.2) is 24.3 Å². The van der Waals surface area contributed by atoms with Crippen molar-refractivity contribution < 1.29 is 19.4 Å². The number of hydrogen-bond donors (Lipinski definition) is 2. The molecule has 1 amide bonds. The Morgan fingerprint density at radius 3 is 2.67 bits per heavy atom. The summed E-state index contributed by atoms with van der Waals surface area (Å²) in [4.78, 5) is 23.8. The first-order chi connectivity index (χ1) is 9.88. The minimum atomic E-state index is -0.990. The number of aromatic carboxylic acids is 1. The molecule has 6 nitrogen and oxygen atoms in total. The molecule has 0 radical (unpaired) electrons. The summed E-state index contributed by atoms with van der Waals surface area (Å²) in [6.07, 6.45) is 0. The molecule has 1 aromatic rings. The van der Waals surface area contributed by atoms with E-state index in [4.69, 9.17) is 15.6 Å². The van der Waals surface area contributed by atoms with E-state index in [1.165, 1.54) is 12.1 Å². The number of carbonyl (C=O) groups excluding carboxylic acids is 1. The van der Waals surface area contributed by atoms with Gasteiger partial charge in [-0.3, -0.25) is 9.69 Å². The maximum atomic E-state index is 11.0. The molecular formula is C15H22N2O4. The van der Waals surface area contributed by atoms with Crippen LogP contribution in [0.4, 0.5) is 0 Å². The monoisotopic (exact) mass is 294 g/mol. The highest BCUT2D eigenvalue weighted by Crippen LogP contribution is 2.13. The molecule has 0 atom stereocenters. The van der Waals surface area contributed by atoms with Gasteiger partial charge >= 0.3 is 5.97 Å². The fourth-order valence-electron chi connectivity index (χ4n) is 1.98. The summed E-state index contributed by atoms with van der Waals surface area (Å²) >= 11 is 0. The Bertz CT molecular complexity index is 488. The van der Waals surface area contributed by atoms with E-state index in [0.717, 1.165) is 6.54 Å². The quantitative estimate of drug-likeness (QED) is 0.714. The van der Waals surface area contributed by atoms with E-state index in [-0.39, 0.29) is 18.0 Å². The van der Waals surface area contributed by atoms with Gasteiger partial charge in [0.05, 0.1) is 12.1 Å². The van der Waals surface area contributed by atoms with E-state index in [1.54, 1.807) is 12.1 Å². The molecule has 0 aliphatic rings. The molecule has 0 fully saturated rings. The Labute approximate surface area is 124 Å². The molecule has 0 saturated heterocycles. The molecule has 0 spiro atoms. The predicted octanol–water partition coefficient (Wildman–Crippen LogP) is 1.21. The van der Waals surface area contributed by atoms with Crippen molar-refractivity contribution in [3.63, 3.8) is 0 Å². The van der Waals surface area contributed by atoms with Crippen molar-refractivity contribution in [1.29, 1.82) is 0 Å². The molecule has 1 rings (SSSR count). The van der Waals surface area contributed by atoms with E-state index in [2.05, 4.69) is 13.8 Å². The van der Waals surface area contributed by atoms with E-state index < -0.39 is 5.97 Å². The molecule has 116 valence electrons. The third-order valence-electron chi connectivity index (χ3n) is 2.76. The number of carbonyl (C=O) groups is 2. The van der Waals surface area contributed by atoms with Gasteiger partial charge in [-0.15, -0.1) is 0 Å². The van der Waals surface area contributed by atoms with Crippen LogP contribution in [0, 0.1) is 5.92 Å². The molecule has 6 heteroatoms. The zero-order chi connectivity index (χ0) is 15.8. The average molecular weight is 294 g/mol. The fourth-order valence-corrected chi connectivity index (χ4v) is 1.98. The molecule has 0 aliphatic carbocycles. The Balaban J connectivity index is 2.51. The zero-order valence-electron chi connectivity index (χ0n) is 12.4. The van der Waals surface area contributed by atoms with E-state index in [0.29, 0.717) is 24.8 Å². The second kappa shape index (κ2) is 8.26. The van der Waals surface area contributed by atoms with Crippen LogP contribution >= 0.6 is 0 Å². The molecule has 0 aliphatic heterocycles. The van der Waals surface area contributed by atoms with Crippen LogP contribution in [-0.2, 0) is 4.79 Å². The van der Waals surface area contributed by atoms with Crippen LogP contribution in [0.3, 0.4) is 0 Å². The number of hydrogen-bond acceptors (Lipinski definition) is 4. The Morgan fingerprint density at radius 1 is 1.38 bits per heavy atom. The van der Waals surface area contributed by atoms with Crippen molar-refractivity contribution in [2.45, 2.75) is 13.8 Å². The maximum absolute atomic E-state index is 11.0. The Morgan fingerprint density at radius 2 is 2.10 bits per heavy atom. The van der Waals surface area contributed by atoms with Crippen LogP contribution < -0.4 is 10.5 Å². The van der Waals surface area contributed by atoms with Gasteiger partial charge in [-0.2, -0.15) is 0 Å². The molecule has 0 saturated carbocycles. The van der Waals surface area contributed by atoms with Gasteiger partial charge in [0.1, 0.15) is 12.4 Å². The SMILES string of the molecule is CC(C)CN(CCOc1cccc(C(=O)O)c1)CC(N)=O. The highest BCUT2D eigenvalue weighted by molar-refractivity contribution is 5.88. The van der Waals surface area contributed by atoms with Crippen LogP contribution in [0.1, 0.15) is 24.2 Å². The number of nitrogens with two attached hydrogens (primary N) is 1. The molecular weight excluding hydrogens is 272 g/mol. The van der Waals surface area contributed by atoms with Crippen LogP contribution in [0.25, 0.3) is 0 Å². The first-order valence-electron chi connectivity index (χ1n) is 6.85. The smallest absolute Gasteiger partial charge is 0.335 e. The van der Waals surface area contributed by atoms with Crippen molar-refractivity contribution in [3.05, 3.63) is 29.8 Å². The third kappa shape index (κ3) is 6.76. The van der Waals surface area contributed by atoms with Crippen LogP contribution in [0.5, 0.6) is 5.75 Å². The standard InChI is InChI=1S/C15H22N2O4/c1-11(2)9-17(10-14(16)18)6-7-21-13-5-3-4-12(8-13)15(19)20/h3-5,8,11H,6-7,9-10H2,1-2H3,(H2,16,18)(H,19,20). The van der Waals surface area contributed by atoms with Crippen molar-refractivity contribution in [2.24, 2.45) is 11.7 Å². The minimum Gasteiger partial charge on any atom is -0.492 e.